The van der Waals surface area contributed by atoms with Gasteiger partial charge in [-0.2, -0.15) is 0 Å². The van der Waals surface area contributed by atoms with Gasteiger partial charge in [-0.1, -0.05) is 12.1 Å². The van der Waals surface area contributed by atoms with Crippen molar-refractivity contribution < 1.29 is 4.79 Å². The van der Waals surface area contributed by atoms with E-state index in [1.54, 1.807) is 24.5 Å². The number of anilines is 2. The van der Waals surface area contributed by atoms with Gasteiger partial charge in [0.1, 0.15) is 0 Å². The molecule has 1 aromatic heterocycles. The smallest absolute Gasteiger partial charge is 0.257 e. The van der Waals surface area contributed by atoms with Gasteiger partial charge in [-0.25, -0.2) is 0 Å². The fourth-order valence-corrected chi connectivity index (χ4v) is 2.53. The Morgan fingerprint density at radius 2 is 1.75 bits per heavy atom. The normalized spacial score (nSPS) is 14.3. The van der Waals surface area contributed by atoms with Crippen molar-refractivity contribution in [3.63, 3.8) is 0 Å². The van der Waals surface area contributed by atoms with Crippen LogP contribution in [-0.4, -0.2) is 24.0 Å². The van der Waals surface area contributed by atoms with Crippen LogP contribution in [0.15, 0.2) is 48.8 Å². The average molecular weight is 267 g/mol. The summed E-state index contributed by atoms with van der Waals surface area (Å²) < 4.78 is 0. The largest absolute Gasteiger partial charge is 0.371 e. The van der Waals surface area contributed by atoms with Crippen molar-refractivity contribution in [2.24, 2.45) is 0 Å². The topological polar surface area (TPSA) is 45.2 Å². The van der Waals surface area contributed by atoms with E-state index in [4.69, 9.17) is 0 Å². The third kappa shape index (κ3) is 2.64. The van der Waals surface area contributed by atoms with E-state index in [0.717, 1.165) is 30.0 Å². The highest BCUT2D eigenvalue weighted by Crippen LogP contribution is 2.25. The van der Waals surface area contributed by atoms with Crippen LogP contribution in [0.1, 0.15) is 23.2 Å². The molecule has 1 aliphatic rings. The molecule has 1 saturated heterocycles. The summed E-state index contributed by atoms with van der Waals surface area (Å²) in [6.07, 6.45) is 5.73. The first-order valence-corrected chi connectivity index (χ1v) is 6.90. The maximum Gasteiger partial charge on any atom is 0.257 e. The molecule has 0 saturated carbocycles. The summed E-state index contributed by atoms with van der Waals surface area (Å²) in [6.45, 7) is 2.05. The number of hydrogen-bond donors (Lipinski definition) is 1. The van der Waals surface area contributed by atoms with E-state index >= 15 is 0 Å². The van der Waals surface area contributed by atoms with Gasteiger partial charge in [0.05, 0.1) is 5.56 Å². The molecule has 1 fully saturated rings. The summed E-state index contributed by atoms with van der Waals surface area (Å²) >= 11 is 0. The Kier molecular flexibility index (Phi) is 3.63. The van der Waals surface area contributed by atoms with E-state index in [2.05, 4.69) is 15.2 Å². The van der Waals surface area contributed by atoms with Crippen LogP contribution in [0.3, 0.4) is 0 Å². The lowest BCUT2D eigenvalue weighted by molar-refractivity contribution is 0.102. The zero-order valence-electron chi connectivity index (χ0n) is 11.2. The first kappa shape index (κ1) is 12.7. The van der Waals surface area contributed by atoms with Crippen LogP contribution in [0.4, 0.5) is 11.4 Å². The Labute approximate surface area is 118 Å². The first-order chi connectivity index (χ1) is 9.84. The van der Waals surface area contributed by atoms with Gasteiger partial charge in [0.2, 0.25) is 0 Å². The Morgan fingerprint density at radius 3 is 2.50 bits per heavy atom. The van der Waals surface area contributed by atoms with Gasteiger partial charge in [-0.3, -0.25) is 9.78 Å². The van der Waals surface area contributed by atoms with E-state index in [1.165, 1.54) is 12.8 Å². The molecule has 0 aliphatic carbocycles. The maximum absolute atomic E-state index is 12.4. The lowest BCUT2D eigenvalue weighted by Gasteiger charge is -2.20. The minimum atomic E-state index is -0.0706. The predicted molar refractivity (Wildman–Crippen MR) is 80.1 cm³/mol. The molecule has 2 heterocycles. The summed E-state index contributed by atoms with van der Waals surface area (Å²) in [4.78, 5) is 18.7. The van der Waals surface area contributed by atoms with Crippen molar-refractivity contribution in [3.05, 3.63) is 54.4 Å². The van der Waals surface area contributed by atoms with E-state index in [0.29, 0.717) is 0 Å². The second kappa shape index (κ2) is 5.74. The van der Waals surface area contributed by atoms with E-state index in [1.807, 2.05) is 24.3 Å². The second-order valence-corrected chi connectivity index (χ2v) is 4.90. The number of nitrogens with one attached hydrogen (secondary N) is 1. The molecule has 1 aromatic carbocycles. The van der Waals surface area contributed by atoms with E-state index in [9.17, 15) is 4.79 Å². The molecule has 4 heteroatoms. The fraction of sp³-hybridized carbons (Fsp3) is 0.250. The van der Waals surface area contributed by atoms with Crippen LogP contribution in [0.25, 0.3) is 0 Å². The predicted octanol–water partition coefficient (Wildman–Crippen LogP) is 2.93. The fourth-order valence-electron chi connectivity index (χ4n) is 2.53. The van der Waals surface area contributed by atoms with Gasteiger partial charge in [-0.15, -0.1) is 0 Å². The number of para-hydroxylation sites is 1. The Hall–Kier alpha value is -2.36. The quantitative estimate of drug-likeness (QED) is 0.930. The monoisotopic (exact) mass is 267 g/mol. The van der Waals surface area contributed by atoms with Gasteiger partial charge in [0, 0.05) is 36.9 Å². The molecule has 1 amide bonds. The number of hydrogen-bond acceptors (Lipinski definition) is 3. The second-order valence-electron chi connectivity index (χ2n) is 4.90. The molecular formula is C16H17N3O. The van der Waals surface area contributed by atoms with Crippen LogP contribution in [0, 0.1) is 0 Å². The molecular weight excluding hydrogens is 250 g/mol. The SMILES string of the molecule is O=C(Nc1ccncc1)c1ccccc1N1CCCC1. The van der Waals surface area contributed by atoms with Crippen molar-refractivity contribution in [1.29, 1.82) is 0 Å². The average Bonchev–Trinajstić information content (AvgIpc) is 3.02. The molecule has 0 radical (unpaired) electrons. The molecule has 1 N–H and O–H groups in total. The minimum Gasteiger partial charge on any atom is -0.371 e. The summed E-state index contributed by atoms with van der Waals surface area (Å²) in [6, 6.07) is 11.4. The summed E-state index contributed by atoms with van der Waals surface area (Å²) in [5.41, 5.74) is 2.52. The number of aromatic nitrogens is 1. The van der Waals surface area contributed by atoms with Crippen LogP contribution in [-0.2, 0) is 0 Å². The Bertz CT molecular complexity index is 592. The van der Waals surface area contributed by atoms with Crippen LogP contribution in [0.5, 0.6) is 0 Å². The molecule has 0 atom stereocenters. The maximum atomic E-state index is 12.4. The minimum absolute atomic E-state index is 0.0706. The zero-order valence-corrected chi connectivity index (χ0v) is 11.2. The third-order valence-corrected chi connectivity index (χ3v) is 3.53. The highest BCUT2D eigenvalue weighted by atomic mass is 16.1. The highest BCUT2D eigenvalue weighted by Gasteiger charge is 2.18. The first-order valence-electron chi connectivity index (χ1n) is 6.90. The summed E-state index contributed by atoms with van der Waals surface area (Å²) in [5.74, 6) is -0.0706. The van der Waals surface area contributed by atoms with E-state index < -0.39 is 0 Å². The molecule has 2 aromatic rings. The van der Waals surface area contributed by atoms with Crippen LogP contribution in [0.2, 0.25) is 0 Å². The molecule has 102 valence electrons. The lowest BCUT2D eigenvalue weighted by Crippen LogP contribution is -2.22. The molecule has 0 bridgehead atoms. The number of nitrogens with zero attached hydrogens (tertiary/aromatic N) is 2. The number of rotatable bonds is 3. The highest BCUT2D eigenvalue weighted by molar-refractivity contribution is 6.08. The van der Waals surface area contributed by atoms with Crippen molar-refractivity contribution in [2.75, 3.05) is 23.3 Å². The Morgan fingerprint density at radius 1 is 1.05 bits per heavy atom. The van der Waals surface area contributed by atoms with Crippen molar-refractivity contribution >= 4 is 17.3 Å². The van der Waals surface area contributed by atoms with Crippen molar-refractivity contribution in [3.8, 4) is 0 Å². The number of pyridine rings is 1. The summed E-state index contributed by atoms with van der Waals surface area (Å²) in [5, 5.41) is 2.92. The molecule has 3 rings (SSSR count). The van der Waals surface area contributed by atoms with Crippen molar-refractivity contribution in [1.82, 2.24) is 4.98 Å². The van der Waals surface area contributed by atoms with Crippen LogP contribution >= 0.6 is 0 Å². The van der Waals surface area contributed by atoms with Gasteiger partial charge < -0.3 is 10.2 Å². The number of amides is 1. The number of carbonyl (C=O) groups excluding carboxylic acids is 1. The van der Waals surface area contributed by atoms with Gasteiger partial charge in [-0.05, 0) is 37.1 Å². The van der Waals surface area contributed by atoms with E-state index in [-0.39, 0.29) is 5.91 Å². The third-order valence-electron chi connectivity index (χ3n) is 3.53. The summed E-state index contributed by atoms with van der Waals surface area (Å²) in [7, 11) is 0. The zero-order chi connectivity index (χ0) is 13.8. The van der Waals surface area contributed by atoms with Gasteiger partial charge in [0.25, 0.3) is 5.91 Å². The standard InChI is InChI=1S/C16H17N3O/c20-16(18-13-7-9-17-10-8-13)14-5-1-2-6-15(14)19-11-3-4-12-19/h1-2,5-10H,3-4,11-12H2,(H,17,18,20). The lowest BCUT2D eigenvalue weighted by atomic mass is 10.1. The van der Waals surface area contributed by atoms with Gasteiger partial charge >= 0.3 is 0 Å². The molecule has 1 aliphatic heterocycles. The molecule has 0 unspecified atom stereocenters. The van der Waals surface area contributed by atoms with Gasteiger partial charge in [0.15, 0.2) is 0 Å². The molecule has 4 nitrogen and oxygen atoms in total. The van der Waals surface area contributed by atoms with Crippen LogP contribution < -0.4 is 10.2 Å². The Balaban J connectivity index is 1.84. The van der Waals surface area contributed by atoms with Crippen molar-refractivity contribution in [2.45, 2.75) is 12.8 Å². The molecule has 20 heavy (non-hydrogen) atoms. The number of benzene rings is 1. The molecule has 0 spiro atoms. The number of carbonyl (C=O) groups is 1.